The number of aryl methyl sites for hydroxylation is 1. The average molecular weight is 494 g/mol. The van der Waals surface area contributed by atoms with Crippen LogP contribution in [0.25, 0.3) is 0 Å². The maximum absolute atomic E-state index is 13.6. The van der Waals surface area contributed by atoms with Crippen LogP contribution in [-0.4, -0.2) is 59.1 Å². The molecule has 0 N–H and O–H groups in total. The second-order valence-electron chi connectivity index (χ2n) is 8.37. The van der Waals surface area contributed by atoms with Crippen LogP contribution < -0.4 is 13.9 Å². The number of anilines is 2. The van der Waals surface area contributed by atoms with Gasteiger partial charge in [0.1, 0.15) is 12.3 Å². The molecule has 35 heavy (non-hydrogen) atoms. The molecule has 0 aliphatic carbocycles. The third-order valence-corrected chi connectivity index (χ3v) is 8.10. The highest BCUT2D eigenvalue weighted by Crippen LogP contribution is 2.28. The Kier molecular flexibility index (Phi) is 7.60. The van der Waals surface area contributed by atoms with E-state index in [-0.39, 0.29) is 17.3 Å². The summed E-state index contributed by atoms with van der Waals surface area (Å²) in [5, 5.41) is 0. The highest BCUT2D eigenvalue weighted by Gasteiger charge is 2.31. The summed E-state index contributed by atoms with van der Waals surface area (Å²) in [5.41, 5.74) is 2.50. The Balaban J connectivity index is 1.53. The number of carbonyl (C=O) groups is 1. The number of hydrogen-bond donors (Lipinski definition) is 0. The molecular weight excluding hydrogens is 462 g/mol. The molecule has 1 saturated heterocycles. The van der Waals surface area contributed by atoms with Gasteiger partial charge in [-0.25, -0.2) is 8.42 Å². The van der Waals surface area contributed by atoms with E-state index in [1.165, 1.54) is 4.31 Å². The molecule has 0 saturated carbocycles. The van der Waals surface area contributed by atoms with Crippen LogP contribution >= 0.6 is 0 Å². The van der Waals surface area contributed by atoms with E-state index in [1.54, 1.807) is 54.5 Å². The smallest absolute Gasteiger partial charge is 0.264 e. The molecule has 184 valence electrons. The van der Waals surface area contributed by atoms with Gasteiger partial charge in [0.15, 0.2) is 0 Å². The lowest BCUT2D eigenvalue weighted by molar-refractivity contribution is -0.129. The monoisotopic (exact) mass is 493 g/mol. The average Bonchev–Trinajstić information content (AvgIpc) is 2.92. The number of para-hydroxylation sites is 1. The van der Waals surface area contributed by atoms with Gasteiger partial charge in [-0.3, -0.25) is 9.10 Å². The lowest BCUT2D eigenvalue weighted by Gasteiger charge is -2.37. The van der Waals surface area contributed by atoms with Crippen LogP contribution in [0.3, 0.4) is 0 Å². The fourth-order valence-corrected chi connectivity index (χ4v) is 5.78. The SMILES string of the molecule is CCc1ccccc1N(CC(=O)N1CCN(c2ccc(OC)cc2)CC1)S(=O)(=O)c1ccccc1. The van der Waals surface area contributed by atoms with Gasteiger partial charge < -0.3 is 14.5 Å². The molecule has 3 aromatic rings. The number of ether oxygens (including phenoxy) is 1. The Morgan fingerprint density at radius 1 is 0.886 bits per heavy atom. The zero-order valence-electron chi connectivity index (χ0n) is 20.1. The van der Waals surface area contributed by atoms with Gasteiger partial charge in [-0.05, 0) is 54.4 Å². The number of carbonyl (C=O) groups excluding carboxylic acids is 1. The molecule has 1 amide bonds. The first-order valence-electron chi connectivity index (χ1n) is 11.8. The minimum Gasteiger partial charge on any atom is -0.497 e. The van der Waals surface area contributed by atoms with Gasteiger partial charge in [-0.15, -0.1) is 0 Å². The van der Waals surface area contributed by atoms with Crippen LogP contribution in [0.1, 0.15) is 12.5 Å². The number of piperazine rings is 1. The van der Waals surface area contributed by atoms with E-state index in [2.05, 4.69) is 4.90 Å². The van der Waals surface area contributed by atoms with E-state index in [0.29, 0.717) is 38.3 Å². The van der Waals surface area contributed by atoms with Gasteiger partial charge in [0.25, 0.3) is 10.0 Å². The van der Waals surface area contributed by atoms with Crippen molar-refractivity contribution in [3.8, 4) is 5.75 Å². The number of benzene rings is 3. The van der Waals surface area contributed by atoms with Gasteiger partial charge in [0.05, 0.1) is 17.7 Å². The van der Waals surface area contributed by atoms with Crippen molar-refractivity contribution >= 4 is 27.3 Å². The summed E-state index contributed by atoms with van der Waals surface area (Å²) >= 11 is 0. The van der Waals surface area contributed by atoms with Crippen molar-refractivity contribution in [2.24, 2.45) is 0 Å². The molecule has 0 bridgehead atoms. The molecule has 7 nitrogen and oxygen atoms in total. The first-order valence-corrected chi connectivity index (χ1v) is 13.2. The molecule has 1 aliphatic heterocycles. The molecule has 0 radical (unpaired) electrons. The van der Waals surface area contributed by atoms with Crippen LogP contribution in [0.5, 0.6) is 5.75 Å². The van der Waals surface area contributed by atoms with Gasteiger partial charge in [-0.1, -0.05) is 43.3 Å². The fraction of sp³-hybridized carbons (Fsp3) is 0.296. The summed E-state index contributed by atoms with van der Waals surface area (Å²) in [7, 11) is -2.28. The number of hydrogen-bond acceptors (Lipinski definition) is 5. The quantitative estimate of drug-likeness (QED) is 0.477. The molecule has 0 atom stereocenters. The van der Waals surface area contributed by atoms with Crippen molar-refractivity contribution in [1.29, 1.82) is 0 Å². The highest BCUT2D eigenvalue weighted by atomic mass is 32.2. The number of nitrogens with zero attached hydrogens (tertiary/aromatic N) is 3. The molecule has 0 spiro atoms. The zero-order chi connectivity index (χ0) is 24.8. The minimum atomic E-state index is -3.92. The molecule has 4 rings (SSSR count). The van der Waals surface area contributed by atoms with E-state index in [4.69, 9.17) is 4.74 Å². The van der Waals surface area contributed by atoms with Crippen molar-refractivity contribution in [3.63, 3.8) is 0 Å². The molecule has 3 aromatic carbocycles. The third-order valence-electron chi connectivity index (χ3n) is 6.32. The topological polar surface area (TPSA) is 70.2 Å². The van der Waals surface area contributed by atoms with Crippen molar-refractivity contribution in [2.75, 3.05) is 49.0 Å². The summed E-state index contributed by atoms with van der Waals surface area (Å²) in [6, 6.07) is 23.5. The van der Waals surface area contributed by atoms with Crippen molar-refractivity contribution in [1.82, 2.24) is 4.90 Å². The maximum Gasteiger partial charge on any atom is 0.264 e. The van der Waals surface area contributed by atoms with Crippen molar-refractivity contribution in [2.45, 2.75) is 18.2 Å². The Bertz CT molecular complexity index is 1240. The van der Waals surface area contributed by atoms with E-state index >= 15 is 0 Å². The number of sulfonamides is 1. The Labute approximate surface area is 207 Å². The summed E-state index contributed by atoms with van der Waals surface area (Å²) in [6.07, 6.45) is 0.658. The molecular formula is C27H31N3O4S. The van der Waals surface area contributed by atoms with Crippen LogP contribution in [-0.2, 0) is 21.2 Å². The second-order valence-corrected chi connectivity index (χ2v) is 10.2. The normalized spacial score (nSPS) is 14.0. The minimum absolute atomic E-state index is 0.169. The van der Waals surface area contributed by atoms with E-state index in [1.807, 2.05) is 43.3 Å². The Morgan fingerprint density at radius 3 is 2.14 bits per heavy atom. The summed E-state index contributed by atoms with van der Waals surface area (Å²) in [6.45, 7) is 4.15. The van der Waals surface area contributed by atoms with E-state index in [0.717, 1.165) is 17.0 Å². The van der Waals surface area contributed by atoms with E-state index < -0.39 is 10.0 Å². The van der Waals surface area contributed by atoms with Gasteiger partial charge >= 0.3 is 0 Å². The first kappa shape index (κ1) is 24.6. The molecule has 1 heterocycles. The van der Waals surface area contributed by atoms with Gasteiger partial charge in [0, 0.05) is 31.9 Å². The molecule has 1 fully saturated rings. The van der Waals surface area contributed by atoms with Crippen LogP contribution in [0, 0.1) is 0 Å². The van der Waals surface area contributed by atoms with Gasteiger partial charge in [-0.2, -0.15) is 0 Å². The maximum atomic E-state index is 13.6. The number of methoxy groups -OCH3 is 1. The van der Waals surface area contributed by atoms with E-state index in [9.17, 15) is 13.2 Å². The lowest BCUT2D eigenvalue weighted by Crippen LogP contribution is -2.52. The second kappa shape index (κ2) is 10.8. The predicted octanol–water partition coefficient (Wildman–Crippen LogP) is 3.80. The Hall–Kier alpha value is -3.52. The fourth-order valence-electron chi connectivity index (χ4n) is 4.30. The summed E-state index contributed by atoms with van der Waals surface area (Å²) in [5.74, 6) is 0.597. The predicted molar refractivity (Wildman–Crippen MR) is 139 cm³/mol. The Morgan fingerprint density at radius 2 is 1.51 bits per heavy atom. The molecule has 1 aliphatic rings. The van der Waals surface area contributed by atoms with Crippen LogP contribution in [0.2, 0.25) is 0 Å². The summed E-state index contributed by atoms with van der Waals surface area (Å²) in [4.78, 5) is 17.5. The zero-order valence-corrected chi connectivity index (χ0v) is 20.9. The van der Waals surface area contributed by atoms with Crippen molar-refractivity contribution in [3.05, 3.63) is 84.4 Å². The molecule has 0 aromatic heterocycles. The van der Waals surface area contributed by atoms with Crippen molar-refractivity contribution < 1.29 is 17.9 Å². The standard InChI is InChI=1S/C27H31N3O4S/c1-3-22-9-7-8-12-26(22)30(35(32,33)25-10-5-4-6-11-25)21-27(31)29-19-17-28(18-20-29)23-13-15-24(34-2)16-14-23/h4-16H,3,17-21H2,1-2H3. The number of rotatable bonds is 8. The molecule has 8 heteroatoms. The lowest BCUT2D eigenvalue weighted by atomic mass is 10.1. The largest absolute Gasteiger partial charge is 0.497 e. The summed E-state index contributed by atoms with van der Waals surface area (Å²) < 4.78 is 33.8. The highest BCUT2D eigenvalue weighted by molar-refractivity contribution is 7.92. The van der Waals surface area contributed by atoms with Crippen LogP contribution in [0.4, 0.5) is 11.4 Å². The van der Waals surface area contributed by atoms with Gasteiger partial charge in [0.2, 0.25) is 5.91 Å². The molecule has 0 unspecified atom stereocenters. The number of amides is 1. The van der Waals surface area contributed by atoms with Crippen LogP contribution in [0.15, 0.2) is 83.8 Å². The third kappa shape index (κ3) is 5.43. The first-order chi connectivity index (χ1) is 16.9.